The number of piperazine rings is 1. The van der Waals surface area contributed by atoms with Crippen molar-refractivity contribution >= 4 is 143 Å². The Bertz CT molecular complexity index is 4020. The highest BCUT2D eigenvalue weighted by Crippen LogP contribution is 2.38. The van der Waals surface area contributed by atoms with E-state index >= 15 is 0 Å². The van der Waals surface area contributed by atoms with E-state index in [1.165, 1.54) is 24.8 Å². The second kappa shape index (κ2) is 27.4. The molecule has 1 atom stereocenters. The number of sulfonamides is 2. The lowest BCUT2D eigenvalue weighted by Crippen LogP contribution is -2.62. The highest BCUT2D eigenvalue weighted by molar-refractivity contribution is 7.89. The monoisotopic (exact) mass is 1320 g/mol. The summed E-state index contributed by atoms with van der Waals surface area (Å²) in [6, 6.07) is 15.0. The Kier molecular flexibility index (Phi) is 20.7. The van der Waals surface area contributed by atoms with Crippen LogP contribution in [0.5, 0.6) is 0 Å². The second-order valence-electron chi connectivity index (χ2n) is 22.4. The lowest BCUT2D eigenvalue weighted by Gasteiger charge is -2.46. The molecule has 0 amide bonds. The molecule has 4 aliphatic rings. The molecule has 4 aromatic carbocycles. The van der Waals surface area contributed by atoms with Gasteiger partial charge in [0.2, 0.25) is 20.0 Å². The number of aromatic amines is 4. The third-order valence-corrected chi connectivity index (χ3v) is 20.6. The molecule has 8 heterocycles. The number of anilines is 3. The molecule has 0 radical (unpaired) electrons. The predicted molar refractivity (Wildman–Crippen MR) is 340 cm³/mol. The molecule has 7 N–H and O–H groups in total. The lowest BCUT2D eigenvalue weighted by molar-refractivity contribution is -0.146. The molecule has 466 valence electrons. The first-order chi connectivity index (χ1) is 40.8. The fourth-order valence-corrected chi connectivity index (χ4v) is 16.0. The van der Waals surface area contributed by atoms with E-state index in [9.17, 15) is 30.0 Å². The summed E-state index contributed by atoms with van der Waals surface area (Å²) in [5, 5.41) is 40.0. The van der Waals surface area contributed by atoms with Crippen LogP contribution in [0.4, 0.5) is 17.1 Å². The van der Waals surface area contributed by atoms with E-state index in [0.717, 1.165) is 124 Å². The maximum Gasteiger partial charge on any atom is 0.308 e. The fourth-order valence-electron chi connectivity index (χ4n) is 11.9. The van der Waals surface area contributed by atoms with Gasteiger partial charge in [0.1, 0.15) is 0 Å². The Labute approximate surface area is 519 Å². The minimum Gasteiger partial charge on any atom is -0.469 e. The highest BCUT2D eigenvalue weighted by Gasteiger charge is 2.40. The molecular formula is C55H71Cl4N15O9S3. The Morgan fingerprint density at radius 3 is 1.58 bits per heavy atom. The van der Waals surface area contributed by atoms with Gasteiger partial charge in [-0.25, -0.2) is 31.0 Å². The van der Waals surface area contributed by atoms with E-state index in [2.05, 4.69) is 60.2 Å². The van der Waals surface area contributed by atoms with Gasteiger partial charge in [0, 0.05) is 136 Å². The number of aromatic nitrogens is 8. The fraction of sp³-hybridized carbons (Fsp3) is 0.473. The summed E-state index contributed by atoms with van der Waals surface area (Å²) in [5.74, 6) is 0.235. The number of methoxy groups -OCH3 is 2. The Hall–Kier alpha value is -5.56. The van der Waals surface area contributed by atoms with Crippen LogP contribution in [0, 0.1) is 5.92 Å². The number of rotatable bonds is 12. The minimum atomic E-state index is -3.72. The van der Waals surface area contributed by atoms with E-state index in [1.807, 2.05) is 74.8 Å². The number of carbonyl (C=O) groups is 1. The van der Waals surface area contributed by atoms with E-state index in [1.54, 1.807) is 16.7 Å². The SMILES string of the molecule is CC1(C)CN(c2cc(Cl)cc3[nH]ncc23)CCN1S(N)(=O)=O.COC(=O)C1CCN(c2cc(Cl)cc3[nH]ncc23)CC1.COCCS(=O)(=O)N1CCC(c2cc(Cl)cc3[nH]ncc23)CC1.CS(=O)(=O)NC1CCCN(c2cc(Cl)cc3[nH]ncc23)C1. The lowest BCUT2D eigenvalue weighted by atomic mass is 9.88. The van der Waals surface area contributed by atoms with Crippen molar-refractivity contribution in [3.63, 3.8) is 0 Å². The standard InChI is InChI=1S/C15H20ClN3O3S.C14H16ClN3O2.C13H18ClN5O2S.C13H17ClN4O2S/c1-22-6-7-23(20,21)19-4-2-11(3-5-19)13-8-12(16)9-15-14(13)10-17-18-15;1-20-14(19)9-2-4-18(5-3-9)13-7-10(15)6-12-11(13)8-16-17-12;1-13(2)8-18(3-4-19(13)22(15,20)21)12-6-9(14)5-11-10(12)7-16-17-11;1-21(19,20)17-10-3-2-4-18(8-10)13-6-9(14)5-12-11(13)7-15-16-12/h8-11H,2-7H2,1H3,(H,17,18);6-9H,2-5H2,1H3,(H,16,17);5-7H,3-4,8H2,1-2H3,(H,16,17)(H2,15,20,21);5-7,10,17H,2-4,8H2,1H3,(H,15,16). The third kappa shape index (κ3) is 15.8. The summed E-state index contributed by atoms with van der Waals surface area (Å²) in [6.45, 7) is 9.55. The number of hydrogen-bond acceptors (Lipinski definition) is 16. The van der Waals surface area contributed by atoms with E-state index in [-0.39, 0.29) is 30.3 Å². The van der Waals surface area contributed by atoms with Crippen LogP contribution in [0.3, 0.4) is 0 Å². The van der Waals surface area contributed by atoms with Gasteiger partial charge in [-0.15, -0.1) is 0 Å². The first-order valence-electron chi connectivity index (χ1n) is 27.9. The second-order valence-corrected chi connectivity index (χ2v) is 29.5. The molecule has 4 fully saturated rings. The Balaban J connectivity index is 0.000000137. The summed E-state index contributed by atoms with van der Waals surface area (Å²) in [6.07, 6.45) is 13.3. The normalized spacial score (nSPS) is 18.6. The van der Waals surface area contributed by atoms with E-state index < -0.39 is 35.8 Å². The molecule has 4 saturated heterocycles. The van der Waals surface area contributed by atoms with Crippen molar-refractivity contribution in [3.8, 4) is 0 Å². The molecule has 0 saturated carbocycles. The van der Waals surface area contributed by atoms with Gasteiger partial charge in [-0.3, -0.25) is 25.2 Å². The quantitative estimate of drug-likeness (QED) is 0.0631. The van der Waals surface area contributed by atoms with E-state index in [4.69, 9.17) is 61.0 Å². The van der Waals surface area contributed by atoms with Crippen LogP contribution in [-0.4, -0.2) is 184 Å². The maximum absolute atomic E-state index is 12.2. The topological polar surface area (TPSA) is 307 Å². The van der Waals surface area contributed by atoms with Crippen LogP contribution in [0.1, 0.15) is 63.9 Å². The van der Waals surface area contributed by atoms with Crippen molar-refractivity contribution in [2.45, 2.75) is 69.9 Å². The zero-order valence-electron chi connectivity index (χ0n) is 48.2. The average molecular weight is 1320 g/mol. The van der Waals surface area contributed by atoms with Crippen molar-refractivity contribution < 1.29 is 39.5 Å². The number of nitrogens with zero attached hydrogens (tertiary/aromatic N) is 9. The van der Waals surface area contributed by atoms with Crippen LogP contribution < -0.4 is 24.6 Å². The highest BCUT2D eigenvalue weighted by atomic mass is 35.5. The Morgan fingerprint density at radius 1 is 0.628 bits per heavy atom. The molecule has 4 aliphatic heterocycles. The molecule has 0 spiro atoms. The van der Waals surface area contributed by atoms with Crippen molar-refractivity contribution in [2.24, 2.45) is 11.1 Å². The minimum absolute atomic E-state index is 0.00951. The van der Waals surface area contributed by atoms with Gasteiger partial charge in [-0.2, -0.15) is 33.1 Å². The van der Waals surface area contributed by atoms with Crippen molar-refractivity contribution in [1.82, 2.24) is 54.1 Å². The average Bonchev–Trinajstić information content (AvgIpc) is 3.26. The largest absolute Gasteiger partial charge is 0.469 e. The van der Waals surface area contributed by atoms with Gasteiger partial charge >= 0.3 is 5.97 Å². The number of esters is 1. The van der Waals surface area contributed by atoms with Crippen LogP contribution in [0.15, 0.2) is 73.3 Å². The third-order valence-electron chi connectivity index (χ3n) is 15.9. The van der Waals surface area contributed by atoms with Gasteiger partial charge in [0.05, 0.1) is 78.5 Å². The number of carbonyl (C=O) groups excluding carboxylic acids is 1. The molecule has 8 aromatic rings. The van der Waals surface area contributed by atoms with Crippen LogP contribution in [0.25, 0.3) is 43.6 Å². The van der Waals surface area contributed by atoms with Crippen LogP contribution in [0.2, 0.25) is 20.1 Å². The molecule has 0 bridgehead atoms. The van der Waals surface area contributed by atoms with Gasteiger partial charge in [-0.05, 0) is 112 Å². The number of halogens is 4. The molecule has 4 aromatic heterocycles. The van der Waals surface area contributed by atoms with Crippen molar-refractivity contribution in [3.05, 3.63) is 99.0 Å². The number of fused-ring (bicyclic) bond motifs is 4. The van der Waals surface area contributed by atoms with Crippen molar-refractivity contribution in [2.75, 3.05) is 106 Å². The summed E-state index contributed by atoms with van der Waals surface area (Å²) < 4.78 is 86.0. The maximum atomic E-state index is 12.2. The van der Waals surface area contributed by atoms with Gasteiger partial charge in [0.25, 0.3) is 10.2 Å². The molecule has 12 rings (SSSR count). The molecule has 0 aliphatic carbocycles. The van der Waals surface area contributed by atoms with Crippen LogP contribution >= 0.6 is 46.4 Å². The van der Waals surface area contributed by atoms with Crippen LogP contribution in [-0.2, 0) is 44.5 Å². The molecule has 31 heteroatoms. The van der Waals surface area contributed by atoms with Gasteiger partial charge < -0.3 is 24.2 Å². The summed E-state index contributed by atoms with van der Waals surface area (Å²) >= 11 is 24.7. The predicted octanol–water partition coefficient (Wildman–Crippen LogP) is 8.03. The zero-order valence-corrected chi connectivity index (χ0v) is 53.7. The number of benzene rings is 4. The molecular weight excluding hydrogens is 1250 g/mol. The summed E-state index contributed by atoms with van der Waals surface area (Å²) in [5.41, 5.74) is 7.14. The smallest absolute Gasteiger partial charge is 0.308 e. The first kappa shape index (κ1) is 64.9. The Morgan fingerprint density at radius 2 is 1.10 bits per heavy atom. The first-order valence-corrected chi connectivity index (χ1v) is 34.4. The molecule has 24 nitrogen and oxygen atoms in total. The molecule has 1 unspecified atom stereocenters. The summed E-state index contributed by atoms with van der Waals surface area (Å²) in [7, 11) is -7.18. The summed E-state index contributed by atoms with van der Waals surface area (Å²) in [4.78, 5) is 18.1. The van der Waals surface area contributed by atoms with Gasteiger partial charge in [-0.1, -0.05) is 46.4 Å². The zero-order chi connectivity index (χ0) is 61.7. The number of nitrogens with one attached hydrogen (secondary N) is 5. The number of ether oxygens (including phenoxy) is 2. The number of hydrogen-bond donors (Lipinski definition) is 6. The molecule has 86 heavy (non-hydrogen) atoms. The van der Waals surface area contributed by atoms with Gasteiger partial charge in [0.15, 0.2) is 0 Å². The number of nitrogens with two attached hydrogens (primary N) is 1. The van der Waals surface area contributed by atoms with E-state index in [0.29, 0.717) is 65.3 Å². The van der Waals surface area contributed by atoms with Crippen molar-refractivity contribution in [1.29, 1.82) is 0 Å². The number of piperidine rings is 3. The number of H-pyrrole nitrogens is 4.